The lowest BCUT2D eigenvalue weighted by Gasteiger charge is -2.24. The average molecular weight is 675 g/mol. The van der Waals surface area contributed by atoms with Crippen LogP contribution in [0, 0.1) is 0 Å². The Labute approximate surface area is 285 Å². The molecule has 0 saturated heterocycles. The first-order valence-corrected chi connectivity index (χ1v) is 15.7. The van der Waals surface area contributed by atoms with Gasteiger partial charge in [0.1, 0.15) is 37.4 Å². The number of hydrogen-bond donors (Lipinski definition) is 4. The molecule has 49 heavy (non-hydrogen) atoms. The number of rotatable bonds is 18. The van der Waals surface area contributed by atoms with Gasteiger partial charge in [0.2, 0.25) is 23.6 Å². The summed E-state index contributed by atoms with van der Waals surface area (Å²) >= 11 is 0. The highest BCUT2D eigenvalue weighted by Gasteiger charge is 2.31. The Kier molecular flexibility index (Phi) is 15.4. The first-order valence-electron chi connectivity index (χ1n) is 15.7. The van der Waals surface area contributed by atoms with E-state index in [2.05, 4.69) is 21.3 Å². The van der Waals surface area contributed by atoms with E-state index in [-0.39, 0.29) is 26.4 Å². The third kappa shape index (κ3) is 14.0. The zero-order chi connectivity index (χ0) is 35.6. The van der Waals surface area contributed by atoms with E-state index in [1.54, 1.807) is 48.5 Å². The zero-order valence-corrected chi connectivity index (χ0v) is 27.7. The minimum Gasteiger partial charge on any atom is -0.461 e. The summed E-state index contributed by atoms with van der Waals surface area (Å²) in [6.45, 7) is 3.91. The highest BCUT2D eigenvalue weighted by Crippen LogP contribution is 2.07. The first kappa shape index (κ1) is 37.9. The highest BCUT2D eigenvalue weighted by atomic mass is 16.5. The van der Waals surface area contributed by atoms with Crippen LogP contribution in [0.25, 0.3) is 0 Å². The number of ether oxygens (including phenoxy) is 3. The molecule has 0 heterocycles. The lowest BCUT2D eigenvalue weighted by molar-refractivity contribution is -0.149. The van der Waals surface area contributed by atoms with Crippen molar-refractivity contribution in [2.24, 2.45) is 0 Å². The number of esters is 2. The number of benzene rings is 3. The average Bonchev–Trinajstić information content (AvgIpc) is 3.10. The number of carbonyl (C=O) groups excluding carboxylic acids is 6. The Morgan fingerprint density at radius 1 is 0.551 bits per heavy atom. The van der Waals surface area contributed by atoms with Crippen molar-refractivity contribution in [2.45, 2.75) is 71.2 Å². The van der Waals surface area contributed by atoms with Crippen LogP contribution in [0.5, 0.6) is 0 Å². The van der Waals surface area contributed by atoms with Crippen molar-refractivity contribution in [3.63, 3.8) is 0 Å². The second-order valence-electron chi connectivity index (χ2n) is 11.2. The fourth-order valence-electron chi connectivity index (χ4n) is 4.37. The van der Waals surface area contributed by atoms with Crippen molar-refractivity contribution in [2.75, 3.05) is 6.61 Å². The molecule has 13 nitrogen and oxygen atoms in total. The molecule has 13 heteroatoms. The summed E-state index contributed by atoms with van der Waals surface area (Å²) in [5.41, 5.74) is 2.33. The summed E-state index contributed by atoms with van der Waals surface area (Å²) in [6.07, 6.45) is -0.585. The largest absolute Gasteiger partial charge is 0.461 e. The molecule has 0 aliphatic heterocycles. The molecule has 3 aromatic rings. The van der Waals surface area contributed by atoms with Crippen LogP contribution in [0.4, 0.5) is 0 Å². The van der Waals surface area contributed by atoms with Gasteiger partial charge in [-0.25, -0.2) is 4.79 Å². The zero-order valence-electron chi connectivity index (χ0n) is 27.7. The van der Waals surface area contributed by atoms with Crippen LogP contribution in [0.15, 0.2) is 91.0 Å². The van der Waals surface area contributed by atoms with Crippen LogP contribution in [0.3, 0.4) is 0 Å². The summed E-state index contributed by atoms with van der Waals surface area (Å²) in [5.74, 6) is -4.38. The summed E-state index contributed by atoms with van der Waals surface area (Å²) in [5, 5.41) is 9.93. The minimum absolute atomic E-state index is 0.0185. The molecule has 0 aromatic heterocycles. The molecule has 4 N–H and O–H groups in total. The van der Waals surface area contributed by atoms with Crippen molar-refractivity contribution < 1.29 is 43.0 Å². The molecule has 3 aromatic carbocycles. The Bertz CT molecular complexity index is 1540. The molecular weight excluding hydrogens is 632 g/mol. The second kappa shape index (κ2) is 20.0. The smallest absolute Gasteiger partial charge is 0.328 e. The summed E-state index contributed by atoms with van der Waals surface area (Å²) < 4.78 is 16.2. The van der Waals surface area contributed by atoms with E-state index in [0.29, 0.717) is 5.56 Å². The van der Waals surface area contributed by atoms with Gasteiger partial charge in [-0.15, -0.1) is 0 Å². The second-order valence-corrected chi connectivity index (χ2v) is 11.2. The monoisotopic (exact) mass is 674 g/mol. The minimum atomic E-state index is -1.50. The van der Waals surface area contributed by atoms with Crippen LogP contribution >= 0.6 is 0 Å². The molecule has 0 aliphatic carbocycles. The topological polar surface area (TPSA) is 178 Å². The predicted molar refractivity (Wildman–Crippen MR) is 178 cm³/mol. The molecule has 0 saturated carbocycles. The number of hydrogen-bond acceptors (Lipinski definition) is 9. The van der Waals surface area contributed by atoms with Gasteiger partial charge in [0.15, 0.2) is 0 Å². The van der Waals surface area contributed by atoms with Gasteiger partial charge in [-0.1, -0.05) is 91.0 Å². The van der Waals surface area contributed by atoms with Crippen LogP contribution in [0.2, 0.25) is 0 Å². The molecular formula is C36H42N4O9. The van der Waals surface area contributed by atoms with E-state index >= 15 is 0 Å². The Hall–Kier alpha value is -5.56. The van der Waals surface area contributed by atoms with Crippen molar-refractivity contribution in [3.8, 4) is 0 Å². The number of carbonyl (C=O) groups is 6. The lowest BCUT2D eigenvalue weighted by Crippen LogP contribution is -2.58. The molecule has 0 fully saturated rings. The normalized spacial score (nSPS) is 13.0. The molecule has 4 amide bonds. The van der Waals surface area contributed by atoms with Crippen molar-refractivity contribution in [3.05, 3.63) is 108 Å². The Morgan fingerprint density at radius 2 is 1.02 bits per heavy atom. The lowest BCUT2D eigenvalue weighted by atomic mass is 10.1. The third-order valence-electron chi connectivity index (χ3n) is 7.02. The number of nitrogens with one attached hydrogen (secondary N) is 4. The Morgan fingerprint density at radius 3 is 1.55 bits per heavy atom. The van der Waals surface area contributed by atoms with E-state index in [0.717, 1.165) is 11.1 Å². The molecule has 0 bridgehead atoms. The van der Waals surface area contributed by atoms with Crippen molar-refractivity contribution in [1.82, 2.24) is 21.3 Å². The van der Waals surface area contributed by atoms with Gasteiger partial charge in [0.25, 0.3) is 0 Å². The molecule has 4 atom stereocenters. The van der Waals surface area contributed by atoms with Crippen LogP contribution < -0.4 is 21.3 Å². The molecule has 0 radical (unpaired) electrons. The van der Waals surface area contributed by atoms with Crippen molar-refractivity contribution >= 4 is 35.6 Å². The van der Waals surface area contributed by atoms with Gasteiger partial charge in [-0.05, 0) is 30.5 Å². The van der Waals surface area contributed by atoms with Crippen molar-refractivity contribution in [1.29, 1.82) is 0 Å². The quantitative estimate of drug-likeness (QED) is 0.147. The van der Waals surface area contributed by atoms with Gasteiger partial charge < -0.3 is 35.5 Å². The fraction of sp³-hybridized carbons (Fsp3) is 0.333. The summed E-state index contributed by atoms with van der Waals surface area (Å²) in [7, 11) is 0. The van der Waals surface area contributed by atoms with Gasteiger partial charge in [0.05, 0.1) is 19.6 Å². The van der Waals surface area contributed by atoms with E-state index in [1.807, 2.05) is 42.5 Å². The first-order chi connectivity index (χ1) is 23.5. The van der Waals surface area contributed by atoms with Crippen LogP contribution in [-0.2, 0) is 62.8 Å². The molecule has 3 rings (SSSR count). The van der Waals surface area contributed by atoms with E-state index in [4.69, 9.17) is 14.2 Å². The molecule has 0 spiro atoms. The maximum atomic E-state index is 13.4. The summed E-state index contributed by atoms with van der Waals surface area (Å²) in [4.78, 5) is 76.8. The Balaban J connectivity index is 1.64. The molecule has 0 unspecified atom stereocenters. The van der Waals surface area contributed by atoms with Gasteiger partial charge >= 0.3 is 11.9 Å². The van der Waals surface area contributed by atoms with Gasteiger partial charge in [0, 0.05) is 6.92 Å². The van der Waals surface area contributed by atoms with E-state index in [9.17, 15) is 28.8 Å². The maximum absolute atomic E-state index is 13.4. The number of amides is 4. The molecule has 0 aliphatic rings. The van der Waals surface area contributed by atoms with Gasteiger partial charge in [-0.3, -0.25) is 24.0 Å². The maximum Gasteiger partial charge on any atom is 0.328 e. The van der Waals surface area contributed by atoms with Crippen LogP contribution in [0.1, 0.15) is 43.9 Å². The third-order valence-corrected chi connectivity index (χ3v) is 7.02. The van der Waals surface area contributed by atoms with E-state index in [1.165, 1.54) is 20.8 Å². The fourth-order valence-corrected chi connectivity index (χ4v) is 4.37. The SMILES string of the molecule is CC(=O)N[C@@H](COCc1ccccc1)C(=O)N[C@@H](CC(=O)OCc1ccccc1)C(=O)N[C@@H](C)C(=O)N[C@@H](C)C(=O)OCc1ccccc1. The summed E-state index contributed by atoms with van der Waals surface area (Å²) in [6, 6.07) is 22.1. The van der Waals surface area contributed by atoms with E-state index < -0.39 is 66.2 Å². The molecule has 260 valence electrons. The van der Waals surface area contributed by atoms with Gasteiger partial charge in [-0.2, -0.15) is 0 Å². The van der Waals surface area contributed by atoms with Crippen LogP contribution in [-0.4, -0.2) is 66.3 Å². The standard InChI is InChI=1S/C36H42N4O9/c1-24(33(43)38-25(2)36(46)49-22-29-17-11-6-12-18-29)37-34(44)30(19-32(42)48-21-28-15-9-5-10-16-28)40-35(45)31(39-26(3)41)23-47-20-27-13-7-4-8-14-27/h4-18,24-25,30-31H,19-23H2,1-3H3,(H,37,44)(H,38,43)(H,39,41)(H,40,45)/t24-,25-,30-,31-/m0/s1. The highest BCUT2D eigenvalue weighted by molar-refractivity contribution is 5.96. The predicted octanol–water partition coefficient (Wildman–Crippen LogP) is 2.08.